The topological polar surface area (TPSA) is 84.9 Å². The molecule has 1 amide bonds. The Hall–Kier alpha value is -2.45. The molecule has 0 aliphatic heterocycles. The molecule has 0 saturated carbocycles. The van der Waals surface area contributed by atoms with Crippen LogP contribution in [0.25, 0.3) is 0 Å². The number of nitrogens with zero attached hydrogens (tertiary/aromatic N) is 1. The zero-order valence-electron chi connectivity index (χ0n) is 16.1. The Kier molecular flexibility index (Phi) is 7.15. The number of rotatable bonds is 8. The monoisotopic (exact) mass is 426 g/mol. The number of methoxy groups -OCH3 is 2. The van der Waals surface area contributed by atoms with Gasteiger partial charge < -0.3 is 14.8 Å². The lowest BCUT2D eigenvalue weighted by molar-refractivity contribution is -0.120. The van der Waals surface area contributed by atoms with Gasteiger partial charge in [0, 0.05) is 10.6 Å². The van der Waals surface area contributed by atoms with Gasteiger partial charge in [0.05, 0.1) is 32.2 Å². The molecule has 0 heterocycles. The van der Waals surface area contributed by atoms with Crippen LogP contribution in [0.1, 0.15) is 18.5 Å². The van der Waals surface area contributed by atoms with Gasteiger partial charge in [-0.05, 0) is 31.2 Å². The third-order valence-electron chi connectivity index (χ3n) is 4.08. The minimum Gasteiger partial charge on any atom is -0.496 e. The summed E-state index contributed by atoms with van der Waals surface area (Å²) >= 11 is 6.01. The average Bonchev–Trinajstić information content (AvgIpc) is 2.65. The fourth-order valence-corrected chi connectivity index (χ4v) is 3.78. The second kappa shape index (κ2) is 9.16. The van der Waals surface area contributed by atoms with Gasteiger partial charge in [-0.25, -0.2) is 8.42 Å². The Bertz CT molecular complexity index is 949. The third-order valence-corrected chi connectivity index (χ3v) is 5.44. The molecular weight excluding hydrogens is 404 g/mol. The molecule has 152 valence electrons. The molecule has 0 fully saturated rings. The molecule has 28 heavy (non-hydrogen) atoms. The van der Waals surface area contributed by atoms with Gasteiger partial charge in [0.15, 0.2) is 0 Å². The molecule has 0 unspecified atom stereocenters. The second-order valence-corrected chi connectivity index (χ2v) is 8.46. The normalized spacial score (nSPS) is 12.2. The van der Waals surface area contributed by atoms with Crippen LogP contribution in [0.15, 0.2) is 42.5 Å². The van der Waals surface area contributed by atoms with Crippen LogP contribution >= 0.6 is 11.6 Å². The van der Waals surface area contributed by atoms with Crippen LogP contribution in [0.4, 0.5) is 5.69 Å². The van der Waals surface area contributed by atoms with Crippen LogP contribution in [-0.2, 0) is 14.8 Å². The van der Waals surface area contributed by atoms with Crippen LogP contribution in [-0.4, -0.2) is 41.3 Å². The van der Waals surface area contributed by atoms with E-state index >= 15 is 0 Å². The largest absolute Gasteiger partial charge is 0.496 e. The summed E-state index contributed by atoms with van der Waals surface area (Å²) in [7, 11) is -0.807. The van der Waals surface area contributed by atoms with E-state index in [1.807, 2.05) is 18.2 Å². The molecular formula is C19H23ClN2O5S. The summed E-state index contributed by atoms with van der Waals surface area (Å²) in [6.45, 7) is 1.37. The molecule has 0 saturated heterocycles. The van der Waals surface area contributed by atoms with Gasteiger partial charge in [0.2, 0.25) is 15.9 Å². The number of halogens is 1. The summed E-state index contributed by atoms with van der Waals surface area (Å²) in [6, 6.07) is 11.5. The smallest absolute Gasteiger partial charge is 0.241 e. The molecule has 0 bridgehead atoms. The summed E-state index contributed by atoms with van der Waals surface area (Å²) in [5, 5.41) is 3.12. The number of hydrogen-bond acceptors (Lipinski definition) is 5. The van der Waals surface area contributed by atoms with E-state index in [0.717, 1.165) is 16.1 Å². The van der Waals surface area contributed by atoms with Crippen molar-refractivity contribution in [1.29, 1.82) is 0 Å². The minimum absolute atomic E-state index is 0.192. The number of amides is 1. The molecule has 2 aromatic rings. The Morgan fingerprint density at radius 3 is 2.39 bits per heavy atom. The minimum atomic E-state index is -3.77. The number of carbonyl (C=O) groups excluding carboxylic acids is 1. The Balaban J connectivity index is 2.26. The Morgan fingerprint density at radius 2 is 1.79 bits per heavy atom. The fraction of sp³-hybridized carbons (Fsp3) is 0.316. The van der Waals surface area contributed by atoms with Crippen LogP contribution in [0.2, 0.25) is 5.02 Å². The van der Waals surface area contributed by atoms with Crippen LogP contribution in [0.3, 0.4) is 0 Å². The van der Waals surface area contributed by atoms with Crippen molar-refractivity contribution in [3.63, 3.8) is 0 Å². The molecule has 1 N–H and O–H groups in total. The molecule has 2 rings (SSSR count). The molecule has 0 spiro atoms. The van der Waals surface area contributed by atoms with E-state index in [4.69, 9.17) is 21.1 Å². The summed E-state index contributed by atoms with van der Waals surface area (Å²) in [4.78, 5) is 12.6. The molecule has 7 nitrogen and oxygen atoms in total. The molecule has 0 aromatic heterocycles. The second-order valence-electron chi connectivity index (χ2n) is 6.12. The van der Waals surface area contributed by atoms with Crippen molar-refractivity contribution in [2.75, 3.05) is 31.3 Å². The van der Waals surface area contributed by atoms with Crippen LogP contribution in [0.5, 0.6) is 11.5 Å². The van der Waals surface area contributed by atoms with Gasteiger partial charge >= 0.3 is 0 Å². The van der Waals surface area contributed by atoms with E-state index in [-0.39, 0.29) is 11.7 Å². The van der Waals surface area contributed by atoms with Crippen molar-refractivity contribution >= 4 is 33.2 Å². The van der Waals surface area contributed by atoms with E-state index < -0.39 is 22.5 Å². The number of anilines is 1. The van der Waals surface area contributed by atoms with E-state index in [9.17, 15) is 13.2 Å². The van der Waals surface area contributed by atoms with Gasteiger partial charge in [-0.1, -0.05) is 29.8 Å². The van der Waals surface area contributed by atoms with Crippen LogP contribution < -0.4 is 19.1 Å². The quantitative estimate of drug-likeness (QED) is 0.701. The number of hydrogen-bond donors (Lipinski definition) is 1. The van der Waals surface area contributed by atoms with E-state index in [1.54, 1.807) is 32.2 Å². The molecule has 0 aliphatic carbocycles. The van der Waals surface area contributed by atoms with Crippen molar-refractivity contribution < 1.29 is 22.7 Å². The zero-order valence-corrected chi connectivity index (χ0v) is 17.7. The maximum atomic E-state index is 12.6. The summed E-state index contributed by atoms with van der Waals surface area (Å²) in [5.74, 6) is 0.443. The summed E-state index contributed by atoms with van der Waals surface area (Å²) in [6.07, 6.45) is 1.02. The number of benzene rings is 2. The predicted molar refractivity (Wildman–Crippen MR) is 110 cm³/mol. The van der Waals surface area contributed by atoms with Crippen LogP contribution in [0, 0.1) is 0 Å². The predicted octanol–water partition coefficient (Wildman–Crippen LogP) is 3.00. The van der Waals surface area contributed by atoms with E-state index in [0.29, 0.717) is 16.5 Å². The maximum Gasteiger partial charge on any atom is 0.241 e. The average molecular weight is 427 g/mol. The molecule has 0 aliphatic rings. The van der Waals surface area contributed by atoms with Gasteiger partial charge in [0.25, 0.3) is 0 Å². The van der Waals surface area contributed by atoms with Crippen molar-refractivity contribution in [1.82, 2.24) is 5.32 Å². The summed E-state index contributed by atoms with van der Waals surface area (Å²) < 4.78 is 36.2. The first-order valence-electron chi connectivity index (χ1n) is 8.41. The highest BCUT2D eigenvalue weighted by atomic mass is 35.5. The third kappa shape index (κ3) is 5.30. The number of ether oxygens (including phenoxy) is 2. The van der Waals surface area contributed by atoms with Gasteiger partial charge in [-0.3, -0.25) is 9.10 Å². The standard InChI is InChI=1S/C19H23ClN2O5S/c1-13(15-7-5-6-8-17(15)26-2)21-19(23)12-22(28(4,24)25)16-11-14(20)9-10-18(16)27-3/h5-11,13H,12H2,1-4H3,(H,21,23)/t13-/m0/s1. The lowest BCUT2D eigenvalue weighted by atomic mass is 10.1. The first kappa shape index (κ1) is 21.8. The number of sulfonamides is 1. The van der Waals surface area contributed by atoms with Crippen molar-refractivity contribution in [3.05, 3.63) is 53.1 Å². The van der Waals surface area contributed by atoms with Crippen molar-refractivity contribution in [2.45, 2.75) is 13.0 Å². The number of nitrogens with one attached hydrogen (secondary N) is 1. The number of para-hydroxylation sites is 1. The first-order chi connectivity index (χ1) is 13.2. The zero-order chi connectivity index (χ0) is 20.9. The molecule has 1 atom stereocenters. The highest BCUT2D eigenvalue weighted by Gasteiger charge is 2.25. The van der Waals surface area contributed by atoms with E-state index in [2.05, 4.69) is 5.32 Å². The highest BCUT2D eigenvalue weighted by Crippen LogP contribution is 2.32. The SMILES string of the molecule is COc1ccccc1[C@H](C)NC(=O)CN(c1cc(Cl)ccc1OC)S(C)(=O)=O. The van der Waals surface area contributed by atoms with Gasteiger partial charge in [-0.2, -0.15) is 0 Å². The maximum absolute atomic E-state index is 12.6. The lowest BCUT2D eigenvalue weighted by Gasteiger charge is -2.25. The van der Waals surface area contributed by atoms with Crippen molar-refractivity contribution in [3.8, 4) is 11.5 Å². The van der Waals surface area contributed by atoms with Gasteiger partial charge in [0.1, 0.15) is 18.0 Å². The highest BCUT2D eigenvalue weighted by molar-refractivity contribution is 7.92. The summed E-state index contributed by atoms with van der Waals surface area (Å²) in [5.41, 5.74) is 0.974. The van der Waals surface area contributed by atoms with Crippen molar-refractivity contribution in [2.24, 2.45) is 0 Å². The molecule has 9 heteroatoms. The molecule has 2 aromatic carbocycles. The Labute approximate surface area is 170 Å². The first-order valence-corrected chi connectivity index (χ1v) is 10.6. The van der Waals surface area contributed by atoms with E-state index in [1.165, 1.54) is 13.2 Å². The van der Waals surface area contributed by atoms with Gasteiger partial charge in [-0.15, -0.1) is 0 Å². The Morgan fingerprint density at radius 1 is 1.14 bits per heavy atom. The lowest BCUT2D eigenvalue weighted by Crippen LogP contribution is -2.41. The fourth-order valence-electron chi connectivity index (χ4n) is 2.76. The number of carbonyl (C=O) groups is 1. The molecule has 0 radical (unpaired) electrons.